The van der Waals surface area contributed by atoms with E-state index in [0.717, 1.165) is 11.1 Å². The molecule has 0 N–H and O–H groups in total. The summed E-state index contributed by atoms with van der Waals surface area (Å²) in [5.74, 6) is 0. The number of benzene rings is 1. The first kappa shape index (κ1) is 23.2. The minimum absolute atomic E-state index is 0.0333. The van der Waals surface area contributed by atoms with E-state index in [1.165, 1.54) is 0 Å². The van der Waals surface area contributed by atoms with Crippen LogP contribution in [0.4, 0.5) is 0 Å². The largest absolute Gasteiger partial charge is 0.192 e. The summed E-state index contributed by atoms with van der Waals surface area (Å²) in [5, 5.41) is 38.4. The average Bonchev–Trinajstić information content (AvgIpc) is 3.29. The van der Waals surface area contributed by atoms with E-state index >= 15 is 0 Å². The van der Waals surface area contributed by atoms with E-state index in [1.54, 1.807) is 36.4 Å². The smallest absolute Gasteiger partial charge is 0.137 e. The van der Waals surface area contributed by atoms with Crippen molar-refractivity contribution in [3.8, 4) is 24.3 Å². The lowest BCUT2D eigenvalue weighted by Gasteiger charge is -2.10. The molecule has 0 aliphatic heterocycles. The highest BCUT2D eigenvalue weighted by Gasteiger charge is 2.12. The number of nitrogens with zero attached hydrogens (tertiary/aromatic N) is 4. The molecule has 3 rings (SSSR count). The standard InChI is InChI=1S/C30H18N4/c31-19-27(20-32)29(16-23-10-5-1-2-6-11-23)25-14-9-15-26(18-25)30(28(21-33)22-34)17-24-12-7-3-4-8-13-24/h1-18H. The fraction of sp³-hybridized carbons (Fsp3) is 0. The van der Waals surface area contributed by atoms with Crippen LogP contribution in [-0.2, 0) is 0 Å². The van der Waals surface area contributed by atoms with Gasteiger partial charge < -0.3 is 0 Å². The van der Waals surface area contributed by atoms with E-state index in [4.69, 9.17) is 0 Å². The van der Waals surface area contributed by atoms with E-state index in [0.29, 0.717) is 22.3 Å². The van der Waals surface area contributed by atoms with Crippen LogP contribution >= 0.6 is 0 Å². The second kappa shape index (κ2) is 11.8. The molecule has 34 heavy (non-hydrogen) atoms. The zero-order valence-electron chi connectivity index (χ0n) is 18.2. The van der Waals surface area contributed by atoms with Gasteiger partial charge in [0.2, 0.25) is 0 Å². The van der Waals surface area contributed by atoms with Crippen LogP contribution in [0.1, 0.15) is 11.1 Å². The van der Waals surface area contributed by atoms with Crippen molar-refractivity contribution in [1.82, 2.24) is 0 Å². The zero-order valence-corrected chi connectivity index (χ0v) is 18.2. The first-order valence-corrected chi connectivity index (χ1v) is 10.4. The van der Waals surface area contributed by atoms with E-state index in [1.807, 2.05) is 97.2 Å². The Morgan fingerprint density at radius 2 is 0.882 bits per heavy atom. The molecule has 158 valence electrons. The molecule has 2 aliphatic carbocycles. The minimum Gasteiger partial charge on any atom is -0.192 e. The molecular weight excluding hydrogens is 416 g/mol. The molecule has 0 fully saturated rings. The van der Waals surface area contributed by atoms with Gasteiger partial charge in [0, 0.05) is 11.1 Å². The van der Waals surface area contributed by atoms with Crippen LogP contribution in [0.25, 0.3) is 11.1 Å². The Balaban J connectivity index is 2.21. The summed E-state index contributed by atoms with van der Waals surface area (Å²) in [7, 11) is 0. The molecule has 0 radical (unpaired) electrons. The van der Waals surface area contributed by atoms with Gasteiger partial charge >= 0.3 is 0 Å². The summed E-state index contributed by atoms with van der Waals surface area (Å²) in [6.45, 7) is 0. The van der Waals surface area contributed by atoms with Crippen LogP contribution in [0.3, 0.4) is 0 Å². The van der Waals surface area contributed by atoms with E-state index in [-0.39, 0.29) is 11.1 Å². The fourth-order valence-electron chi connectivity index (χ4n) is 3.31. The molecule has 0 saturated heterocycles. The average molecular weight is 435 g/mol. The molecule has 4 nitrogen and oxygen atoms in total. The van der Waals surface area contributed by atoms with Crippen LogP contribution in [0.5, 0.6) is 0 Å². The van der Waals surface area contributed by atoms with Gasteiger partial charge in [-0.2, -0.15) is 21.0 Å². The molecule has 1 aromatic carbocycles. The third kappa shape index (κ3) is 5.84. The summed E-state index contributed by atoms with van der Waals surface area (Å²) in [4.78, 5) is 0. The Morgan fingerprint density at radius 3 is 1.21 bits per heavy atom. The Morgan fingerprint density at radius 1 is 0.529 bits per heavy atom. The molecule has 0 heterocycles. The quantitative estimate of drug-likeness (QED) is 0.505. The second-order valence-corrected chi connectivity index (χ2v) is 7.10. The molecule has 0 amide bonds. The lowest BCUT2D eigenvalue weighted by molar-refractivity contribution is 1.44. The molecule has 2 aliphatic rings. The van der Waals surface area contributed by atoms with Crippen LogP contribution in [0, 0.1) is 45.3 Å². The lowest BCUT2D eigenvalue weighted by Crippen LogP contribution is -1.93. The maximum Gasteiger partial charge on any atom is 0.137 e. The predicted octanol–water partition coefficient (Wildman–Crippen LogP) is 6.51. The summed E-state index contributed by atoms with van der Waals surface area (Å²) < 4.78 is 0. The van der Waals surface area contributed by atoms with Crippen LogP contribution in [0.15, 0.2) is 132 Å². The summed E-state index contributed by atoms with van der Waals surface area (Å²) in [5.41, 5.74) is 3.74. The third-order valence-corrected chi connectivity index (χ3v) is 4.91. The van der Waals surface area contributed by atoms with Crippen LogP contribution in [-0.4, -0.2) is 0 Å². The first-order chi connectivity index (χ1) is 16.7. The van der Waals surface area contributed by atoms with E-state index in [9.17, 15) is 21.0 Å². The molecular formula is C30H18N4. The number of hydrogen-bond acceptors (Lipinski definition) is 4. The van der Waals surface area contributed by atoms with Gasteiger partial charge in [-0.1, -0.05) is 91.1 Å². The van der Waals surface area contributed by atoms with Crippen LogP contribution in [0.2, 0.25) is 0 Å². The summed E-state index contributed by atoms with van der Waals surface area (Å²) >= 11 is 0. The van der Waals surface area contributed by atoms with E-state index in [2.05, 4.69) is 0 Å². The van der Waals surface area contributed by atoms with Crippen molar-refractivity contribution >= 4 is 11.1 Å². The first-order valence-electron chi connectivity index (χ1n) is 10.4. The van der Waals surface area contributed by atoms with Gasteiger partial charge in [-0.05, 0) is 40.5 Å². The highest BCUT2D eigenvalue weighted by Crippen LogP contribution is 2.29. The normalized spacial score (nSPS) is 12.9. The predicted molar refractivity (Wildman–Crippen MR) is 134 cm³/mol. The van der Waals surface area contributed by atoms with Gasteiger partial charge in [0.15, 0.2) is 0 Å². The molecule has 0 spiro atoms. The molecule has 0 atom stereocenters. The number of nitriles is 4. The van der Waals surface area contributed by atoms with Crippen molar-refractivity contribution in [2.45, 2.75) is 0 Å². The fourth-order valence-corrected chi connectivity index (χ4v) is 3.31. The van der Waals surface area contributed by atoms with Crippen molar-refractivity contribution in [3.63, 3.8) is 0 Å². The Bertz CT molecular complexity index is 1290. The summed E-state index contributed by atoms with van der Waals surface area (Å²) in [6, 6.07) is 15.1. The lowest BCUT2D eigenvalue weighted by atomic mass is 9.92. The molecule has 0 unspecified atom stereocenters. The molecule has 4 heteroatoms. The topological polar surface area (TPSA) is 95.2 Å². The Labute approximate surface area is 199 Å². The molecule has 1 aromatic rings. The monoisotopic (exact) mass is 434 g/mol. The van der Waals surface area contributed by atoms with Crippen molar-refractivity contribution < 1.29 is 0 Å². The molecule has 0 bridgehead atoms. The number of hydrogen-bond donors (Lipinski definition) is 0. The third-order valence-electron chi connectivity index (χ3n) is 4.91. The minimum atomic E-state index is -0.0333. The SMILES string of the molecule is N#CC(C#N)=C(C=C1C=CC=CC=C1)c1cccc(C(C=C2C=CC=CC=C2)=C(C#N)C#N)c1. The van der Waals surface area contributed by atoms with Gasteiger partial charge in [0.25, 0.3) is 0 Å². The van der Waals surface area contributed by atoms with Crippen molar-refractivity contribution in [2.24, 2.45) is 0 Å². The van der Waals surface area contributed by atoms with Crippen molar-refractivity contribution in [1.29, 1.82) is 21.0 Å². The van der Waals surface area contributed by atoms with Gasteiger partial charge in [-0.3, -0.25) is 0 Å². The van der Waals surface area contributed by atoms with Crippen molar-refractivity contribution in [2.75, 3.05) is 0 Å². The van der Waals surface area contributed by atoms with E-state index < -0.39 is 0 Å². The molecule has 0 aromatic heterocycles. The molecule has 0 saturated carbocycles. The summed E-state index contributed by atoms with van der Waals surface area (Å²) in [6.07, 6.45) is 26.1. The second-order valence-electron chi connectivity index (χ2n) is 7.10. The maximum atomic E-state index is 9.59. The number of allylic oxidation sites excluding steroid dienone is 20. The number of rotatable bonds is 4. The highest BCUT2D eigenvalue weighted by molar-refractivity contribution is 5.88. The van der Waals surface area contributed by atoms with Crippen LogP contribution < -0.4 is 0 Å². The van der Waals surface area contributed by atoms with Crippen molar-refractivity contribution in [3.05, 3.63) is 143 Å². The zero-order chi connectivity index (χ0) is 24.2. The Kier molecular flexibility index (Phi) is 8.09. The van der Waals surface area contributed by atoms with Gasteiger partial charge in [-0.25, -0.2) is 0 Å². The Hall–Kier alpha value is -5.42. The van der Waals surface area contributed by atoms with Gasteiger partial charge in [-0.15, -0.1) is 0 Å². The highest BCUT2D eigenvalue weighted by atomic mass is 14.3. The van der Waals surface area contributed by atoms with Gasteiger partial charge in [0.05, 0.1) is 0 Å². The maximum absolute atomic E-state index is 9.59. The van der Waals surface area contributed by atoms with Gasteiger partial charge in [0.1, 0.15) is 35.4 Å².